The van der Waals surface area contributed by atoms with Crippen LogP contribution >= 0.6 is 15.9 Å². The molecular weight excluding hydrogens is 360 g/mol. The maximum Gasteiger partial charge on any atom is 0.263 e. The van der Waals surface area contributed by atoms with E-state index in [1.54, 1.807) is 12.1 Å². The second-order valence-electron chi connectivity index (χ2n) is 3.98. The van der Waals surface area contributed by atoms with Gasteiger partial charge in [0.1, 0.15) is 5.82 Å². The molecule has 8 heteroatoms. The molecule has 0 saturated heterocycles. The van der Waals surface area contributed by atoms with Gasteiger partial charge in [-0.25, -0.2) is 13.4 Å². The fourth-order valence-corrected chi connectivity index (χ4v) is 2.87. The summed E-state index contributed by atoms with van der Waals surface area (Å²) < 4.78 is 37.9. The number of aromatic nitrogens is 1. The topological polar surface area (TPSA) is 77.5 Å². The Morgan fingerprint density at radius 1 is 1.10 bits per heavy atom. The molecular formula is C13H13BrN2O4S. The number of anilines is 1. The molecule has 0 unspecified atom stereocenters. The molecule has 0 aliphatic carbocycles. The highest BCUT2D eigenvalue weighted by molar-refractivity contribution is 9.10. The van der Waals surface area contributed by atoms with E-state index in [0.29, 0.717) is 11.5 Å². The van der Waals surface area contributed by atoms with Crippen LogP contribution in [0.5, 0.6) is 11.5 Å². The van der Waals surface area contributed by atoms with Crippen LogP contribution in [-0.2, 0) is 10.0 Å². The third-order valence-corrected chi connectivity index (χ3v) is 4.45. The molecule has 1 N–H and O–H groups in total. The van der Waals surface area contributed by atoms with Gasteiger partial charge in [-0.2, -0.15) is 0 Å². The first-order valence-electron chi connectivity index (χ1n) is 5.82. The zero-order valence-corrected chi connectivity index (χ0v) is 13.7. The van der Waals surface area contributed by atoms with Crippen LogP contribution in [-0.4, -0.2) is 27.6 Å². The predicted molar refractivity (Wildman–Crippen MR) is 82.3 cm³/mol. The standard InChI is InChI=1S/C13H13BrN2O4S/c1-19-11-5-4-10(7-12(11)20-2)21(17,18)16-13-6-3-9(14)8-15-13/h3-8H,1-2H3,(H,15,16). The summed E-state index contributed by atoms with van der Waals surface area (Å²) in [6, 6.07) is 7.60. The Hall–Kier alpha value is -1.80. The van der Waals surface area contributed by atoms with Gasteiger partial charge in [0.15, 0.2) is 11.5 Å². The summed E-state index contributed by atoms with van der Waals surface area (Å²) in [5.74, 6) is 1.02. The van der Waals surface area contributed by atoms with Crippen LogP contribution in [0.2, 0.25) is 0 Å². The third kappa shape index (κ3) is 3.64. The summed E-state index contributed by atoms with van der Waals surface area (Å²) in [6.45, 7) is 0. The fourth-order valence-electron chi connectivity index (χ4n) is 1.62. The molecule has 1 aromatic heterocycles. The number of methoxy groups -OCH3 is 2. The summed E-state index contributed by atoms with van der Waals surface area (Å²) in [4.78, 5) is 4.03. The Balaban J connectivity index is 2.33. The summed E-state index contributed by atoms with van der Waals surface area (Å²) in [7, 11) is -0.823. The lowest BCUT2D eigenvalue weighted by Gasteiger charge is -2.11. The summed E-state index contributed by atoms with van der Waals surface area (Å²) in [5, 5.41) is 0. The lowest BCUT2D eigenvalue weighted by molar-refractivity contribution is 0.354. The van der Waals surface area contributed by atoms with Crippen molar-refractivity contribution in [2.75, 3.05) is 18.9 Å². The van der Waals surface area contributed by atoms with E-state index in [-0.39, 0.29) is 10.7 Å². The van der Waals surface area contributed by atoms with Crippen molar-refractivity contribution in [3.8, 4) is 11.5 Å². The molecule has 0 aliphatic heterocycles. The van der Waals surface area contributed by atoms with Crippen LogP contribution in [0.25, 0.3) is 0 Å². The number of hydrogen-bond acceptors (Lipinski definition) is 5. The van der Waals surface area contributed by atoms with Gasteiger partial charge in [0.2, 0.25) is 0 Å². The number of sulfonamides is 1. The van der Waals surface area contributed by atoms with Gasteiger partial charge in [-0.1, -0.05) is 0 Å². The first kappa shape index (κ1) is 15.6. The van der Waals surface area contributed by atoms with Crippen LogP contribution in [0.4, 0.5) is 5.82 Å². The molecule has 6 nitrogen and oxygen atoms in total. The van der Waals surface area contributed by atoms with E-state index in [9.17, 15) is 8.42 Å². The number of rotatable bonds is 5. The van der Waals surface area contributed by atoms with Crippen molar-refractivity contribution >= 4 is 31.8 Å². The Bertz CT molecular complexity index is 732. The summed E-state index contributed by atoms with van der Waals surface area (Å²) in [5.41, 5.74) is 0. The van der Waals surface area contributed by atoms with E-state index in [1.165, 1.54) is 38.6 Å². The lowest BCUT2D eigenvalue weighted by Crippen LogP contribution is -2.14. The Kier molecular flexibility index (Phi) is 4.69. The van der Waals surface area contributed by atoms with Gasteiger partial charge in [0.05, 0.1) is 19.1 Å². The number of hydrogen-bond donors (Lipinski definition) is 1. The van der Waals surface area contributed by atoms with Crippen molar-refractivity contribution in [1.82, 2.24) is 4.98 Å². The van der Waals surface area contributed by atoms with Crippen LogP contribution in [0.15, 0.2) is 45.9 Å². The van der Waals surface area contributed by atoms with Crippen molar-refractivity contribution in [2.45, 2.75) is 4.90 Å². The van der Waals surface area contributed by atoms with Gasteiger partial charge >= 0.3 is 0 Å². The van der Waals surface area contributed by atoms with Crippen molar-refractivity contribution in [3.63, 3.8) is 0 Å². The van der Waals surface area contributed by atoms with Crippen molar-refractivity contribution in [2.24, 2.45) is 0 Å². The van der Waals surface area contributed by atoms with Gasteiger partial charge in [0, 0.05) is 16.7 Å². The molecule has 0 bridgehead atoms. The van der Waals surface area contributed by atoms with E-state index in [2.05, 4.69) is 25.6 Å². The molecule has 2 rings (SSSR count). The zero-order valence-electron chi connectivity index (χ0n) is 11.3. The predicted octanol–water partition coefficient (Wildman–Crippen LogP) is 2.66. The highest BCUT2D eigenvalue weighted by Gasteiger charge is 2.17. The molecule has 2 aromatic rings. The van der Waals surface area contributed by atoms with Crippen molar-refractivity contribution in [1.29, 1.82) is 0 Å². The normalized spacial score (nSPS) is 11.0. The van der Waals surface area contributed by atoms with Crippen LogP contribution in [0.3, 0.4) is 0 Å². The maximum absolute atomic E-state index is 12.3. The largest absolute Gasteiger partial charge is 0.493 e. The molecule has 0 saturated carbocycles. The molecule has 0 amide bonds. The molecule has 0 atom stereocenters. The van der Waals surface area contributed by atoms with Crippen LogP contribution < -0.4 is 14.2 Å². The number of ether oxygens (including phenoxy) is 2. The molecule has 0 spiro atoms. The first-order chi connectivity index (χ1) is 9.96. The van der Waals surface area contributed by atoms with Gasteiger partial charge in [-0.3, -0.25) is 4.72 Å². The van der Waals surface area contributed by atoms with E-state index in [0.717, 1.165) is 4.47 Å². The SMILES string of the molecule is COc1ccc(S(=O)(=O)Nc2ccc(Br)cn2)cc1OC. The average molecular weight is 373 g/mol. The van der Waals surface area contributed by atoms with Gasteiger partial charge < -0.3 is 9.47 Å². The fraction of sp³-hybridized carbons (Fsp3) is 0.154. The van der Waals surface area contributed by atoms with Gasteiger partial charge in [-0.15, -0.1) is 0 Å². The smallest absolute Gasteiger partial charge is 0.263 e. The molecule has 0 radical (unpaired) electrons. The number of halogens is 1. The molecule has 1 heterocycles. The third-order valence-electron chi connectivity index (χ3n) is 2.63. The maximum atomic E-state index is 12.3. The number of pyridine rings is 1. The monoisotopic (exact) mass is 372 g/mol. The quantitative estimate of drug-likeness (QED) is 0.872. The first-order valence-corrected chi connectivity index (χ1v) is 8.10. The molecule has 0 aliphatic rings. The van der Waals surface area contributed by atoms with Gasteiger partial charge in [0.25, 0.3) is 10.0 Å². The average Bonchev–Trinajstić information content (AvgIpc) is 2.48. The second kappa shape index (κ2) is 6.31. The van der Waals surface area contributed by atoms with Crippen molar-refractivity contribution < 1.29 is 17.9 Å². The highest BCUT2D eigenvalue weighted by Crippen LogP contribution is 2.30. The van der Waals surface area contributed by atoms with E-state index in [4.69, 9.17) is 9.47 Å². The Labute approximate surface area is 131 Å². The molecule has 112 valence electrons. The van der Waals surface area contributed by atoms with Gasteiger partial charge in [-0.05, 0) is 40.2 Å². The van der Waals surface area contributed by atoms with Crippen molar-refractivity contribution in [3.05, 3.63) is 41.0 Å². The minimum absolute atomic E-state index is 0.0601. The minimum Gasteiger partial charge on any atom is -0.493 e. The highest BCUT2D eigenvalue weighted by atomic mass is 79.9. The number of benzene rings is 1. The summed E-state index contributed by atoms with van der Waals surface area (Å²) >= 11 is 3.23. The Morgan fingerprint density at radius 2 is 1.81 bits per heavy atom. The van der Waals surface area contributed by atoms with E-state index in [1.807, 2.05) is 0 Å². The minimum atomic E-state index is -3.75. The number of nitrogens with zero attached hydrogens (tertiary/aromatic N) is 1. The molecule has 21 heavy (non-hydrogen) atoms. The van der Waals surface area contributed by atoms with E-state index >= 15 is 0 Å². The van der Waals surface area contributed by atoms with E-state index < -0.39 is 10.0 Å². The van der Waals surface area contributed by atoms with Crippen LogP contribution in [0.1, 0.15) is 0 Å². The Morgan fingerprint density at radius 3 is 2.38 bits per heavy atom. The van der Waals surface area contributed by atoms with Crippen LogP contribution in [0, 0.1) is 0 Å². The molecule has 0 fully saturated rings. The number of nitrogens with one attached hydrogen (secondary N) is 1. The molecule has 1 aromatic carbocycles. The second-order valence-corrected chi connectivity index (χ2v) is 6.58. The zero-order chi connectivity index (χ0) is 15.5. The summed E-state index contributed by atoms with van der Waals surface area (Å²) in [6.07, 6.45) is 1.51. The lowest BCUT2D eigenvalue weighted by atomic mass is 10.3.